The van der Waals surface area contributed by atoms with Crippen LogP contribution in [0.3, 0.4) is 0 Å². The highest BCUT2D eigenvalue weighted by Gasteiger charge is 2.44. The van der Waals surface area contributed by atoms with Crippen LogP contribution in [0.1, 0.15) is 34.1 Å². The quantitative estimate of drug-likeness (QED) is 0.552. The first kappa shape index (κ1) is 9.27. The monoisotopic (exact) mass is 172 g/mol. The van der Waals surface area contributed by atoms with Gasteiger partial charge in [-0.1, -0.05) is 13.8 Å². The highest BCUT2D eigenvalue weighted by atomic mass is 28.4. The SMILES string of the molecule is CC(C)[Si]1(C)CCC(C)(C)O1. The van der Waals surface area contributed by atoms with Gasteiger partial charge in [-0.15, -0.1) is 0 Å². The number of hydrogen-bond donors (Lipinski definition) is 0. The number of rotatable bonds is 1. The van der Waals surface area contributed by atoms with Crippen LogP contribution in [0.2, 0.25) is 18.1 Å². The summed E-state index contributed by atoms with van der Waals surface area (Å²) < 4.78 is 6.14. The minimum Gasteiger partial charge on any atom is -0.412 e. The largest absolute Gasteiger partial charge is 0.412 e. The predicted octanol–water partition coefficient (Wildman–Crippen LogP) is 3.17. The van der Waals surface area contributed by atoms with Crippen LogP contribution in [-0.2, 0) is 4.43 Å². The Morgan fingerprint density at radius 3 is 2.09 bits per heavy atom. The van der Waals surface area contributed by atoms with Gasteiger partial charge in [0.15, 0.2) is 8.32 Å². The Kier molecular flexibility index (Phi) is 2.19. The summed E-state index contributed by atoms with van der Waals surface area (Å²) in [6.45, 7) is 11.4. The predicted molar refractivity (Wildman–Crippen MR) is 51.3 cm³/mol. The summed E-state index contributed by atoms with van der Waals surface area (Å²) in [6.07, 6.45) is 1.26. The van der Waals surface area contributed by atoms with E-state index in [-0.39, 0.29) is 5.60 Å². The van der Waals surface area contributed by atoms with Gasteiger partial charge < -0.3 is 4.43 Å². The van der Waals surface area contributed by atoms with Crippen molar-refractivity contribution < 1.29 is 4.43 Å². The van der Waals surface area contributed by atoms with E-state index in [1.165, 1.54) is 12.5 Å². The Bertz CT molecular complexity index is 154. The third kappa shape index (κ3) is 1.85. The average molecular weight is 172 g/mol. The summed E-state index contributed by atoms with van der Waals surface area (Å²) in [7, 11) is -1.30. The molecule has 0 N–H and O–H groups in total. The van der Waals surface area contributed by atoms with Gasteiger partial charge in [0.1, 0.15) is 0 Å². The molecule has 66 valence electrons. The molecule has 0 aliphatic carbocycles. The second kappa shape index (κ2) is 2.59. The molecule has 1 atom stereocenters. The third-order valence-electron chi connectivity index (χ3n) is 2.95. The molecular formula is C9H20OSi. The molecule has 1 fully saturated rings. The molecule has 0 aromatic heterocycles. The number of hydrogen-bond acceptors (Lipinski definition) is 1. The summed E-state index contributed by atoms with van der Waals surface area (Å²) in [6, 6.07) is 1.34. The molecule has 0 saturated carbocycles. The van der Waals surface area contributed by atoms with E-state index in [0.29, 0.717) is 0 Å². The van der Waals surface area contributed by atoms with E-state index in [1.807, 2.05) is 0 Å². The van der Waals surface area contributed by atoms with Crippen LogP contribution in [0, 0.1) is 0 Å². The fourth-order valence-electron chi connectivity index (χ4n) is 1.69. The van der Waals surface area contributed by atoms with E-state index in [9.17, 15) is 0 Å². The average Bonchev–Trinajstić information content (AvgIpc) is 2.08. The molecule has 0 radical (unpaired) electrons. The van der Waals surface area contributed by atoms with Crippen LogP contribution in [0.25, 0.3) is 0 Å². The zero-order chi connectivity index (χ0) is 8.70. The van der Waals surface area contributed by atoms with Gasteiger partial charge in [-0.3, -0.25) is 0 Å². The van der Waals surface area contributed by atoms with E-state index < -0.39 is 8.32 Å². The first-order valence-electron chi connectivity index (χ1n) is 4.56. The van der Waals surface area contributed by atoms with Gasteiger partial charge >= 0.3 is 0 Å². The van der Waals surface area contributed by atoms with Crippen LogP contribution < -0.4 is 0 Å². The van der Waals surface area contributed by atoms with Gasteiger partial charge in [0, 0.05) is 0 Å². The second-order valence-corrected chi connectivity index (χ2v) is 9.31. The summed E-state index contributed by atoms with van der Waals surface area (Å²) in [4.78, 5) is 0. The first-order valence-corrected chi connectivity index (χ1v) is 7.25. The Balaban J connectivity index is 2.65. The summed E-state index contributed by atoms with van der Waals surface area (Å²) in [5.74, 6) is 0. The van der Waals surface area contributed by atoms with Crippen molar-refractivity contribution in [2.75, 3.05) is 0 Å². The Hall–Kier alpha value is 0.177. The van der Waals surface area contributed by atoms with E-state index in [0.717, 1.165) is 5.54 Å². The van der Waals surface area contributed by atoms with Crippen molar-refractivity contribution in [3.05, 3.63) is 0 Å². The van der Waals surface area contributed by atoms with Gasteiger partial charge in [-0.25, -0.2) is 0 Å². The van der Waals surface area contributed by atoms with E-state index >= 15 is 0 Å². The lowest BCUT2D eigenvalue weighted by atomic mass is 10.1. The molecule has 11 heavy (non-hydrogen) atoms. The van der Waals surface area contributed by atoms with Gasteiger partial charge in [0.25, 0.3) is 0 Å². The zero-order valence-corrected chi connectivity index (χ0v) is 9.40. The highest BCUT2D eigenvalue weighted by molar-refractivity contribution is 6.74. The van der Waals surface area contributed by atoms with Gasteiger partial charge in [-0.2, -0.15) is 0 Å². The molecule has 1 nitrogen and oxygen atoms in total. The molecular weight excluding hydrogens is 152 g/mol. The van der Waals surface area contributed by atoms with E-state index in [2.05, 4.69) is 34.2 Å². The molecule has 0 amide bonds. The van der Waals surface area contributed by atoms with Crippen molar-refractivity contribution in [1.82, 2.24) is 0 Å². The molecule has 1 saturated heterocycles. The van der Waals surface area contributed by atoms with Crippen LogP contribution in [0.4, 0.5) is 0 Å². The van der Waals surface area contributed by atoms with Crippen LogP contribution >= 0.6 is 0 Å². The van der Waals surface area contributed by atoms with Gasteiger partial charge in [-0.05, 0) is 38.4 Å². The maximum Gasteiger partial charge on any atom is 0.193 e. The molecule has 1 aliphatic heterocycles. The van der Waals surface area contributed by atoms with Crippen molar-refractivity contribution in [3.8, 4) is 0 Å². The normalized spacial score (nSPS) is 36.5. The Morgan fingerprint density at radius 1 is 1.36 bits per heavy atom. The lowest BCUT2D eigenvalue weighted by Gasteiger charge is -2.29. The van der Waals surface area contributed by atoms with Crippen molar-refractivity contribution in [2.24, 2.45) is 0 Å². The molecule has 0 bridgehead atoms. The molecule has 0 spiro atoms. The maximum absolute atomic E-state index is 6.14. The molecule has 1 unspecified atom stereocenters. The molecule has 0 aromatic carbocycles. The van der Waals surface area contributed by atoms with Crippen molar-refractivity contribution >= 4 is 8.32 Å². The molecule has 1 aliphatic rings. The second-order valence-electron chi connectivity index (χ2n) is 4.83. The molecule has 1 heterocycles. The van der Waals surface area contributed by atoms with E-state index in [1.54, 1.807) is 0 Å². The lowest BCUT2D eigenvalue weighted by molar-refractivity contribution is 0.124. The van der Waals surface area contributed by atoms with Crippen molar-refractivity contribution in [2.45, 2.75) is 57.8 Å². The first-order chi connectivity index (χ1) is 4.86. The minimum atomic E-state index is -1.30. The van der Waals surface area contributed by atoms with Crippen molar-refractivity contribution in [1.29, 1.82) is 0 Å². The smallest absolute Gasteiger partial charge is 0.193 e. The Labute approximate surface area is 71.3 Å². The molecule has 2 heteroatoms. The van der Waals surface area contributed by atoms with Crippen LogP contribution in [0.15, 0.2) is 0 Å². The third-order valence-corrected chi connectivity index (χ3v) is 7.66. The lowest BCUT2D eigenvalue weighted by Crippen LogP contribution is -2.36. The van der Waals surface area contributed by atoms with Gasteiger partial charge in [0.2, 0.25) is 0 Å². The minimum absolute atomic E-state index is 0.172. The van der Waals surface area contributed by atoms with Crippen molar-refractivity contribution in [3.63, 3.8) is 0 Å². The van der Waals surface area contributed by atoms with E-state index in [4.69, 9.17) is 4.43 Å². The summed E-state index contributed by atoms with van der Waals surface area (Å²) >= 11 is 0. The van der Waals surface area contributed by atoms with Crippen LogP contribution in [0.5, 0.6) is 0 Å². The standard InChI is InChI=1S/C9H20OSi/c1-8(2)11(5)7-6-9(3,4)10-11/h8H,6-7H2,1-5H3. The fourth-order valence-corrected chi connectivity index (χ4v) is 5.07. The summed E-state index contributed by atoms with van der Waals surface area (Å²) in [5, 5.41) is 0. The van der Waals surface area contributed by atoms with Gasteiger partial charge in [0.05, 0.1) is 5.60 Å². The zero-order valence-electron chi connectivity index (χ0n) is 8.40. The summed E-state index contributed by atoms with van der Waals surface area (Å²) in [5.41, 5.74) is 0.940. The molecule has 0 aromatic rings. The maximum atomic E-state index is 6.14. The molecule has 1 rings (SSSR count). The topological polar surface area (TPSA) is 9.23 Å². The Morgan fingerprint density at radius 2 is 1.91 bits per heavy atom. The highest BCUT2D eigenvalue weighted by Crippen LogP contribution is 2.41. The fraction of sp³-hybridized carbons (Fsp3) is 1.00. The van der Waals surface area contributed by atoms with Crippen LogP contribution in [-0.4, -0.2) is 13.9 Å².